The molecule has 6 heteroatoms. The third-order valence-electron chi connectivity index (χ3n) is 5.66. The van der Waals surface area contributed by atoms with E-state index in [9.17, 15) is 4.79 Å². The zero-order chi connectivity index (χ0) is 21.8. The minimum Gasteiger partial charge on any atom is -0.493 e. The molecule has 0 radical (unpaired) electrons. The van der Waals surface area contributed by atoms with Gasteiger partial charge in [0.2, 0.25) is 0 Å². The summed E-state index contributed by atoms with van der Waals surface area (Å²) in [5, 5.41) is 1.12. The second kappa shape index (κ2) is 9.25. The second-order valence-corrected chi connectivity index (χ2v) is 8.23. The summed E-state index contributed by atoms with van der Waals surface area (Å²) in [7, 11) is 1.60. The highest BCUT2D eigenvalue weighted by Crippen LogP contribution is 2.31. The summed E-state index contributed by atoms with van der Waals surface area (Å²) in [6.07, 6.45) is 7.70. The van der Waals surface area contributed by atoms with E-state index in [2.05, 4.69) is 36.0 Å². The fraction of sp³-hybridized carbons (Fsp3) is 0.360. The molecule has 4 rings (SSSR count). The number of hydrogen-bond donors (Lipinski definition) is 1. The monoisotopic (exact) mass is 419 g/mol. The summed E-state index contributed by atoms with van der Waals surface area (Å²) >= 11 is 0. The Kier molecular flexibility index (Phi) is 6.26. The quantitative estimate of drug-likeness (QED) is 0.590. The molecule has 6 nitrogen and oxygen atoms in total. The van der Waals surface area contributed by atoms with Gasteiger partial charge in [0.25, 0.3) is 5.91 Å². The molecule has 0 saturated carbocycles. The number of aromatic nitrogens is 2. The Bertz CT molecular complexity index is 1100. The minimum atomic E-state index is 0.00271. The molecule has 1 N–H and O–H groups in total. The molecule has 2 aromatic heterocycles. The average Bonchev–Trinajstić information content (AvgIpc) is 3.23. The first kappa shape index (κ1) is 21.0. The predicted molar refractivity (Wildman–Crippen MR) is 123 cm³/mol. The molecule has 0 bridgehead atoms. The number of ether oxygens (including phenoxy) is 2. The summed E-state index contributed by atoms with van der Waals surface area (Å²) < 4.78 is 11.3. The van der Waals surface area contributed by atoms with E-state index < -0.39 is 0 Å². The predicted octanol–water partition coefficient (Wildman–Crippen LogP) is 4.93. The van der Waals surface area contributed by atoms with Crippen LogP contribution in [0.25, 0.3) is 16.6 Å². The summed E-state index contributed by atoms with van der Waals surface area (Å²) in [6.45, 7) is 6.21. The van der Waals surface area contributed by atoms with E-state index in [0.717, 1.165) is 23.9 Å². The molecule has 1 aliphatic rings. The van der Waals surface area contributed by atoms with E-state index in [1.54, 1.807) is 19.4 Å². The zero-order valence-corrected chi connectivity index (χ0v) is 18.4. The first-order valence-electron chi connectivity index (χ1n) is 10.8. The van der Waals surface area contributed by atoms with Gasteiger partial charge in [-0.2, -0.15) is 0 Å². The number of carbonyl (C=O) groups excluding carboxylic acids is 1. The van der Waals surface area contributed by atoms with Crippen molar-refractivity contribution in [2.24, 2.45) is 5.92 Å². The van der Waals surface area contributed by atoms with Gasteiger partial charge >= 0.3 is 0 Å². The van der Waals surface area contributed by atoms with Crippen LogP contribution in [0.3, 0.4) is 0 Å². The lowest BCUT2D eigenvalue weighted by Crippen LogP contribution is -2.34. The van der Waals surface area contributed by atoms with Gasteiger partial charge in [0.15, 0.2) is 11.5 Å². The Morgan fingerprint density at radius 1 is 1.26 bits per heavy atom. The lowest BCUT2D eigenvalue weighted by atomic mass is 9.99. The fourth-order valence-corrected chi connectivity index (χ4v) is 3.83. The Morgan fingerprint density at radius 2 is 2.13 bits per heavy atom. The Balaban J connectivity index is 1.45. The van der Waals surface area contributed by atoms with Crippen LogP contribution in [0.4, 0.5) is 0 Å². The third-order valence-corrected chi connectivity index (χ3v) is 5.66. The third kappa shape index (κ3) is 4.58. The highest BCUT2D eigenvalue weighted by molar-refractivity contribution is 5.96. The fourth-order valence-electron chi connectivity index (χ4n) is 3.83. The topological polar surface area (TPSA) is 67.5 Å². The van der Waals surface area contributed by atoms with Crippen molar-refractivity contribution in [1.29, 1.82) is 0 Å². The molecule has 1 amide bonds. The van der Waals surface area contributed by atoms with Crippen LogP contribution in [0.1, 0.15) is 42.6 Å². The van der Waals surface area contributed by atoms with E-state index in [0.29, 0.717) is 42.7 Å². The maximum absolute atomic E-state index is 13.1. The molecule has 0 fully saturated rings. The maximum Gasteiger partial charge on any atom is 0.254 e. The van der Waals surface area contributed by atoms with Gasteiger partial charge in [-0.1, -0.05) is 19.9 Å². The molecule has 31 heavy (non-hydrogen) atoms. The zero-order valence-electron chi connectivity index (χ0n) is 18.4. The lowest BCUT2D eigenvalue weighted by Gasteiger charge is -2.27. The maximum atomic E-state index is 13.1. The number of pyridine rings is 1. The number of nitrogens with zero attached hydrogens (tertiary/aromatic N) is 2. The van der Waals surface area contributed by atoms with Crippen molar-refractivity contribution in [3.05, 3.63) is 59.9 Å². The molecule has 0 saturated heterocycles. The Labute approximate surface area is 182 Å². The van der Waals surface area contributed by atoms with Gasteiger partial charge in [-0.05, 0) is 54.7 Å². The number of carbonyl (C=O) groups is 1. The van der Waals surface area contributed by atoms with Crippen molar-refractivity contribution in [3.63, 3.8) is 0 Å². The molecule has 1 aromatic carbocycles. The molecule has 3 heterocycles. The Morgan fingerprint density at radius 3 is 2.87 bits per heavy atom. The van der Waals surface area contributed by atoms with Crippen molar-refractivity contribution in [1.82, 2.24) is 14.9 Å². The number of aromatic amines is 1. The van der Waals surface area contributed by atoms with Crippen molar-refractivity contribution in [2.75, 3.05) is 26.8 Å². The van der Waals surface area contributed by atoms with E-state index in [1.807, 2.05) is 29.3 Å². The first-order chi connectivity index (χ1) is 15.1. The van der Waals surface area contributed by atoms with E-state index in [-0.39, 0.29) is 5.91 Å². The van der Waals surface area contributed by atoms with Gasteiger partial charge in [0.1, 0.15) is 5.65 Å². The minimum absolute atomic E-state index is 0.00271. The van der Waals surface area contributed by atoms with E-state index in [1.165, 1.54) is 11.1 Å². The highest BCUT2D eigenvalue weighted by Gasteiger charge is 2.22. The SMILES string of the molecule is COc1cc(C(=O)N2CC=C(c3c[nH]c4ncccc34)CC2)ccc1OCCC(C)C. The van der Waals surface area contributed by atoms with E-state index in [4.69, 9.17) is 9.47 Å². The molecule has 0 aliphatic carbocycles. The number of amides is 1. The van der Waals surface area contributed by atoms with Gasteiger partial charge in [-0.3, -0.25) is 4.79 Å². The highest BCUT2D eigenvalue weighted by atomic mass is 16.5. The standard InChI is InChI=1S/C25H29N3O3/c1-17(2)10-14-31-22-7-6-19(15-23(22)30-3)25(29)28-12-8-18(9-13-28)21-16-27-24-20(21)5-4-11-26-24/h4-8,11,15-17H,9-10,12-14H2,1-3H3,(H,26,27). The summed E-state index contributed by atoms with van der Waals surface area (Å²) in [5.74, 6) is 1.84. The molecule has 0 unspecified atom stereocenters. The van der Waals surface area contributed by atoms with Crippen LogP contribution in [-0.2, 0) is 0 Å². The number of fused-ring (bicyclic) bond motifs is 1. The number of H-pyrrole nitrogens is 1. The van der Waals surface area contributed by atoms with Gasteiger partial charge < -0.3 is 19.4 Å². The average molecular weight is 420 g/mol. The lowest BCUT2D eigenvalue weighted by molar-refractivity contribution is 0.0772. The molecule has 162 valence electrons. The summed E-state index contributed by atoms with van der Waals surface area (Å²) in [5.41, 5.74) is 3.91. The van der Waals surface area contributed by atoms with Crippen LogP contribution < -0.4 is 9.47 Å². The number of rotatable bonds is 7. The van der Waals surface area contributed by atoms with Crippen LogP contribution in [0.2, 0.25) is 0 Å². The summed E-state index contributed by atoms with van der Waals surface area (Å²) in [6, 6.07) is 9.44. The molecule has 3 aromatic rings. The Hall–Kier alpha value is -3.28. The van der Waals surface area contributed by atoms with Gasteiger partial charge in [-0.25, -0.2) is 4.98 Å². The molecular weight excluding hydrogens is 390 g/mol. The smallest absolute Gasteiger partial charge is 0.254 e. The number of hydrogen-bond acceptors (Lipinski definition) is 4. The van der Waals surface area contributed by atoms with Crippen LogP contribution in [0.5, 0.6) is 11.5 Å². The molecular formula is C25H29N3O3. The second-order valence-electron chi connectivity index (χ2n) is 8.23. The van der Waals surface area contributed by atoms with Crippen molar-refractivity contribution >= 4 is 22.5 Å². The van der Waals surface area contributed by atoms with Crippen LogP contribution in [0, 0.1) is 5.92 Å². The largest absolute Gasteiger partial charge is 0.493 e. The van der Waals surface area contributed by atoms with Crippen LogP contribution in [0.15, 0.2) is 48.8 Å². The summed E-state index contributed by atoms with van der Waals surface area (Å²) in [4.78, 5) is 22.5. The number of methoxy groups -OCH3 is 1. The number of nitrogens with one attached hydrogen (secondary N) is 1. The molecule has 0 atom stereocenters. The molecule has 0 spiro atoms. The normalized spacial score (nSPS) is 14.1. The van der Waals surface area contributed by atoms with Crippen LogP contribution in [-0.4, -0.2) is 47.6 Å². The van der Waals surface area contributed by atoms with Crippen LogP contribution >= 0.6 is 0 Å². The van der Waals surface area contributed by atoms with Crippen molar-refractivity contribution < 1.29 is 14.3 Å². The van der Waals surface area contributed by atoms with Gasteiger partial charge in [0, 0.05) is 42.0 Å². The van der Waals surface area contributed by atoms with Gasteiger partial charge in [-0.15, -0.1) is 0 Å². The van der Waals surface area contributed by atoms with Gasteiger partial charge in [0.05, 0.1) is 13.7 Å². The van der Waals surface area contributed by atoms with Crippen molar-refractivity contribution in [3.8, 4) is 11.5 Å². The van der Waals surface area contributed by atoms with Crippen molar-refractivity contribution in [2.45, 2.75) is 26.7 Å². The molecule has 1 aliphatic heterocycles. The number of benzene rings is 1. The first-order valence-corrected chi connectivity index (χ1v) is 10.8. The van der Waals surface area contributed by atoms with E-state index >= 15 is 0 Å².